The molecule has 0 radical (unpaired) electrons. The van der Waals surface area contributed by atoms with Crippen LogP contribution in [0, 0.1) is 23.7 Å². The highest BCUT2D eigenvalue weighted by Crippen LogP contribution is 2.26. The van der Waals surface area contributed by atoms with Crippen LogP contribution in [-0.4, -0.2) is 148 Å². The van der Waals surface area contributed by atoms with Gasteiger partial charge in [0.05, 0.1) is 39.6 Å². The lowest BCUT2D eigenvalue weighted by Crippen LogP contribution is -2.35. The summed E-state index contributed by atoms with van der Waals surface area (Å²) in [4.78, 5) is 57.3. The van der Waals surface area contributed by atoms with Gasteiger partial charge in [-0.05, 0) is 165 Å². The van der Waals surface area contributed by atoms with Crippen LogP contribution in [0.5, 0.6) is 0 Å². The summed E-state index contributed by atoms with van der Waals surface area (Å²) in [5.41, 5.74) is 0. The number of nitrogens with zero attached hydrogens (tertiary/aromatic N) is 2. The van der Waals surface area contributed by atoms with E-state index in [1.54, 1.807) is 0 Å². The zero-order valence-electron chi connectivity index (χ0n) is 75.9. The molecule has 112 heavy (non-hydrogen) atoms. The molecule has 0 bridgehead atoms. The summed E-state index contributed by atoms with van der Waals surface area (Å²) >= 11 is 0. The summed E-state index contributed by atoms with van der Waals surface area (Å²) in [6.07, 6.45) is 72.3. The first-order valence-electron chi connectivity index (χ1n) is 49.5. The van der Waals surface area contributed by atoms with Gasteiger partial charge in [-0.3, -0.25) is 19.2 Å². The number of aliphatic hydroxyl groups excluding tert-OH is 2. The predicted octanol–water partition coefficient (Wildman–Crippen LogP) is 26.9. The third-order valence-corrected chi connectivity index (χ3v) is 23.6. The molecular formula is C98H192N2O12. The second-order valence-corrected chi connectivity index (χ2v) is 34.7. The van der Waals surface area contributed by atoms with Crippen molar-refractivity contribution in [3.05, 3.63) is 0 Å². The zero-order chi connectivity index (χ0) is 81.7. The van der Waals surface area contributed by atoms with Crippen LogP contribution in [0.25, 0.3) is 0 Å². The summed E-state index contributed by atoms with van der Waals surface area (Å²) in [6, 6.07) is 0. The molecule has 14 heteroatoms. The van der Waals surface area contributed by atoms with E-state index in [1.807, 2.05) is 0 Å². The maximum atomic E-state index is 13.1. The second kappa shape index (κ2) is 87.9. The Morgan fingerprint density at radius 3 is 0.589 bits per heavy atom. The van der Waals surface area contributed by atoms with E-state index in [1.165, 1.54) is 257 Å². The zero-order valence-corrected chi connectivity index (χ0v) is 75.9. The molecule has 6 atom stereocenters. The highest BCUT2D eigenvalue weighted by molar-refractivity contribution is 5.70. The summed E-state index contributed by atoms with van der Waals surface area (Å²) in [5, 5.41) is 22.0. The van der Waals surface area contributed by atoms with Crippen LogP contribution in [0.2, 0.25) is 0 Å². The van der Waals surface area contributed by atoms with E-state index < -0.39 is 12.2 Å². The average molecular weight is 1590 g/mol. The molecule has 666 valence electrons. The largest absolute Gasteiger partial charge is 0.465 e. The molecule has 6 unspecified atom stereocenters. The third-order valence-electron chi connectivity index (χ3n) is 23.6. The van der Waals surface area contributed by atoms with Gasteiger partial charge in [-0.2, -0.15) is 0 Å². The molecule has 0 aliphatic carbocycles. The highest BCUT2D eigenvalue weighted by atomic mass is 16.5. The smallest absolute Gasteiger partial charge is 0.305 e. The number of rotatable bonds is 93. The van der Waals surface area contributed by atoms with Gasteiger partial charge >= 0.3 is 23.9 Å². The summed E-state index contributed by atoms with van der Waals surface area (Å²) in [5.74, 6) is 1.62. The standard InChI is InChI=1S/C98H192N2O12/c1-9-17-25-33-37-49-67-89(63-45-29-21-13-5)83-109-95(103)71-53-41-57-75-99(76-58-42-54-72-96(104)110-84-90(64-46-30-22-14-6)68-50-38-34-26-18-10-2)79-61-81-107-87-93(101)94(102)88-108-82-62-80-100(77-59-43-55-73-97(105)111-85-91(65-47-31-23-15-7)69-51-39-35-27-19-11-3)78-60-44-56-74-98(106)112-86-92(66-48-32-24-16-8)70-52-40-36-28-20-12-4/h89-94,101-102H,9-88H2,1-8H3. The molecule has 0 aliphatic rings. The Morgan fingerprint density at radius 2 is 0.384 bits per heavy atom. The molecule has 0 heterocycles. The number of aliphatic hydroxyl groups is 2. The van der Waals surface area contributed by atoms with Crippen molar-refractivity contribution >= 4 is 23.9 Å². The molecule has 0 saturated carbocycles. The van der Waals surface area contributed by atoms with Crippen molar-refractivity contribution < 1.29 is 57.8 Å². The average Bonchev–Trinajstić information content (AvgIpc) is 0.985. The van der Waals surface area contributed by atoms with Crippen LogP contribution in [0.15, 0.2) is 0 Å². The first kappa shape index (κ1) is 110. The molecule has 0 spiro atoms. The fourth-order valence-corrected chi connectivity index (χ4v) is 15.9. The lowest BCUT2D eigenvalue weighted by Gasteiger charge is -2.23. The fourth-order valence-electron chi connectivity index (χ4n) is 15.9. The van der Waals surface area contributed by atoms with Gasteiger partial charge in [-0.1, -0.05) is 338 Å². The molecule has 0 aromatic rings. The maximum absolute atomic E-state index is 13.1. The normalized spacial score (nSPS) is 13.4. The molecule has 14 nitrogen and oxygen atoms in total. The topological polar surface area (TPSA) is 171 Å². The van der Waals surface area contributed by atoms with Crippen LogP contribution in [0.3, 0.4) is 0 Å². The number of hydrogen-bond acceptors (Lipinski definition) is 14. The lowest BCUT2D eigenvalue weighted by atomic mass is 9.95. The number of carbonyl (C=O) groups excluding carboxylic acids is 4. The van der Waals surface area contributed by atoms with Gasteiger partial charge in [0.2, 0.25) is 0 Å². The Balaban J connectivity index is 5.60. The molecule has 2 N–H and O–H groups in total. The second-order valence-electron chi connectivity index (χ2n) is 34.7. The van der Waals surface area contributed by atoms with Crippen LogP contribution >= 0.6 is 0 Å². The van der Waals surface area contributed by atoms with Gasteiger partial charge in [0.25, 0.3) is 0 Å². The van der Waals surface area contributed by atoms with E-state index in [4.69, 9.17) is 28.4 Å². The van der Waals surface area contributed by atoms with E-state index >= 15 is 0 Å². The van der Waals surface area contributed by atoms with Crippen molar-refractivity contribution in [2.24, 2.45) is 23.7 Å². The quantitative estimate of drug-likeness (QED) is 0.0335. The van der Waals surface area contributed by atoms with Gasteiger partial charge in [-0.15, -0.1) is 0 Å². The van der Waals surface area contributed by atoms with Gasteiger partial charge in [-0.25, -0.2) is 0 Å². The van der Waals surface area contributed by atoms with Gasteiger partial charge in [0.15, 0.2) is 0 Å². The number of unbranched alkanes of at least 4 members (excludes halogenated alkanes) is 40. The number of ether oxygens (including phenoxy) is 6. The Bertz CT molecular complexity index is 1700. The van der Waals surface area contributed by atoms with Gasteiger partial charge in [0.1, 0.15) is 12.2 Å². The van der Waals surface area contributed by atoms with Crippen molar-refractivity contribution in [1.82, 2.24) is 9.80 Å². The Labute approximate surface area is 695 Å². The van der Waals surface area contributed by atoms with E-state index in [9.17, 15) is 29.4 Å². The fraction of sp³-hybridized carbons (Fsp3) is 0.959. The van der Waals surface area contributed by atoms with Crippen molar-refractivity contribution in [3.63, 3.8) is 0 Å². The number of hydrogen-bond donors (Lipinski definition) is 2. The number of carbonyl (C=O) groups is 4. The molecule has 0 aliphatic heterocycles. The highest BCUT2D eigenvalue weighted by Gasteiger charge is 2.21. The first-order valence-corrected chi connectivity index (χ1v) is 49.5. The van der Waals surface area contributed by atoms with Crippen molar-refractivity contribution in [3.8, 4) is 0 Å². The predicted molar refractivity (Wildman–Crippen MR) is 474 cm³/mol. The van der Waals surface area contributed by atoms with Crippen LogP contribution in [-0.2, 0) is 47.6 Å². The third kappa shape index (κ3) is 77.5. The summed E-state index contributed by atoms with van der Waals surface area (Å²) < 4.78 is 35.8. The molecular weight excluding hydrogens is 1400 g/mol. The monoisotopic (exact) mass is 1590 g/mol. The molecule has 0 aromatic carbocycles. The van der Waals surface area contributed by atoms with Crippen molar-refractivity contribution in [2.75, 3.05) is 92.1 Å². The SMILES string of the molecule is CCCCCCCCC(CCCCCC)COC(=O)CCCCCN(CCCCCC(=O)OCC(CCCCCC)CCCCCCCC)CCCOCC(O)C(O)COCCCN(CCCCCC(=O)OCC(CCCCCC)CCCCCCCC)CCCCCC(=O)OCC(CCCCCC)CCCCCCCC. The Hall–Kier alpha value is -2.36. The first-order chi connectivity index (χ1) is 54.9. The summed E-state index contributed by atoms with van der Waals surface area (Å²) in [6.45, 7) is 26.6. The molecule has 0 rings (SSSR count). The van der Waals surface area contributed by atoms with E-state index in [0.717, 1.165) is 181 Å². The van der Waals surface area contributed by atoms with E-state index in [-0.39, 0.29) is 37.1 Å². The van der Waals surface area contributed by atoms with Gasteiger partial charge < -0.3 is 48.4 Å². The van der Waals surface area contributed by atoms with Crippen LogP contribution < -0.4 is 0 Å². The Morgan fingerprint density at radius 1 is 0.214 bits per heavy atom. The minimum absolute atomic E-state index is 0.0229. The number of esters is 4. The van der Waals surface area contributed by atoms with Gasteiger partial charge in [0, 0.05) is 52.0 Å². The van der Waals surface area contributed by atoms with Crippen molar-refractivity contribution in [2.45, 2.75) is 491 Å². The lowest BCUT2D eigenvalue weighted by molar-refractivity contribution is -0.146. The minimum Gasteiger partial charge on any atom is -0.465 e. The summed E-state index contributed by atoms with van der Waals surface area (Å²) in [7, 11) is 0. The maximum Gasteiger partial charge on any atom is 0.305 e. The molecule has 0 aromatic heterocycles. The minimum atomic E-state index is -1.07. The van der Waals surface area contributed by atoms with Crippen LogP contribution in [0.4, 0.5) is 0 Å². The Kier molecular flexibility index (Phi) is 86.1. The molecule has 0 fully saturated rings. The molecule has 0 saturated heterocycles. The van der Waals surface area contributed by atoms with Crippen LogP contribution in [0.1, 0.15) is 479 Å². The molecule has 0 amide bonds. The van der Waals surface area contributed by atoms with E-state index in [2.05, 4.69) is 65.2 Å². The van der Waals surface area contributed by atoms with E-state index in [0.29, 0.717) is 89.0 Å². The van der Waals surface area contributed by atoms with Crippen molar-refractivity contribution in [1.29, 1.82) is 0 Å².